The number of carboxylic acid groups (broad SMARTS) is 1. The maximum absolute atomic E-state index is 10.5. The molecule has 0 spiro atoms. The van der Waals surface area contributed by atoms with Crippen molar-refractivity contribution >= 4 is 12.0 Å². The van der Waals surface area contributed by atoms with Crippen LogP contribution in [0.3, 0.4) is 0 Å². The van der Waals surface area contributed by atoms with E-state index in [1.54, 1.807) is 20.3 Å². The van der Waals surface area contributed by atoms with E-state index < -0.39 is 5.97 Å². The molecule has 0 aromatic heterocycles. The predicted molar refractivity (Wildman–Crippen MR) is 65.7 cm³/mol. The van der Waals surface area contributed by atoms with Crippen LogP contribution in [0.4, 0.5) is 0 Å². The van der Waals surface area contributed by atoms with Crippen LogP contribution in [0.25, 0.3) is 6.08 Å². The number of carbonyl (C=O) groups is 1. The second-order valence-electron chi connectivity index (χ2n) is 3.62. The summed E-state index contributed by atoms with van der Waals surface area (Å²) in [5, 5.41) is 8.63. The average Bonchev–Trinajstić information content (AvgIpc) is 2.30. The summed E-state index contributed by atoms with van der Waals surface area (Å²) < 4.78 is 10.5. The highest BCUT2D eigenvalue weighted by molar-refractivity contribution is 5.86. The third-order valence-corrected chi connectivity index (χ3v) is 2.65. The van der Waals surface area contributed by atoms with Crippen LogP contribution in [0.5, 0.6) is 11.5 Å². The normalized spacial score (nSPS) is 10.6. The molecule has 0 unspecified atom stereocenters. The zero-order valence-corrected chi connectivity index (χ0v) is 10.4. The highest BCUT2D eigenvalue weighted by atomic mass is 16.5. The lowest BCUT2D eigenvalue weighted by atomic mass is 10.0. The molecule has 0 aliphatic heterocycles. The van der Waals surface area contributed by atoms with Crippen LogP contribution in [0.15, 0.2) is 12.1 Å². The van der Waals surface area contributed by atoms with E-state index in [2.05, 4.69) is 0 Å². The summed E-state index contributed by atoms with van der Waals surface area (Å²) in [5.74, 6) is 0.387. The van der Waals surface area contributed by atoms with E-state index in [9.17, 15) is 4.79 Å². The molecule has 92 valence electrons. The topological polar surface area (TPSA) is 55.8 Å². The SMILES string of the molecule is COc1cc(/C=C/C(=O)O)c(OC)c(C)c1C. The molecule has 4 heteroatoms. The van der Waals surface area contributed by atoms with E-state index in [0.717, 1.165) is 17.2 Å². The van der Waals surface area contributed by atoms with Crippen molar-refractivity contribution in [2.24, 2.45) is 0 Å². The van der Waals surface area contributed by atoms with Gasteiger partial charge in [-0.1, -0.05) is 0 Å². The molecule has 1 N–H and O–H groups in total. The molecule has 0 heterocycles. The van der Waals surface area contributed by atoms with Crippen molar-refractivity contribution in [3.05, 3.63) is 28.8 Å². The molecule has 0 bridgehead atoms. The van der Waals surface area contributed by atoms with Crippen LogP contribution in [-0.2, 0) is 4.79 Å². The maximum atomic E-state index is 10.5. The quantitative estimate of drug-likeness (QED) is 0.816. The number of hydrogen-bond donors (Lipinski definition) is 1. The third-order valence-electron chi connectivity index (χ3n) is 2.65. The van der Waals surface area contributed by atoms with E-state index in [0.29, 0.717) is 17.1 Å². The van der Waals surface area contributed by atoms with E-state index in [1.165, 1.54) is 6.08 Å². The molecule has 0 radical (unpaired) electrons. The fraction of sp³-hybridized carbons (Fsp3) is 0.308. The van der Waals surface area contributed by atoms with Crippen LogP contribution in [0.1, 0.15) is 16.7 Å². The summed E-state index contributed by atoms with van der Waals surface area (Å²) in [6.07, 6.45) is 2.57. The number of carboxylic acids is 1. The predicted octanol–water partition coefficient (Wildman–Crippen LogP) is 2.42. The first-order valence-corrected chi connectivity index (χ1v) is 5.14. The van der Waals surface area contributed by atoms with Gasteiger partial charge in [0.1, 0.15) is 11.5 Å². The maximum Gasteiger partial charge on any atom is 0.328 e. The zero-order valence-electron chi connectivity index (χ0n) is 10.4. The van der Waals surface area contributed by atoms with Gasteiger partial charge in [-0.05, 0) is 37.1 Å². The summed E-state index contributed by atoms with van der Waals surface area (Å²) in [7, 11) is 3.14. The minimum atomic E-state index is -0.996. The van der Waals surface area contributed by atoms with Crippen molar-refractivity contribution in [2.75, 3.05) is 14.2 Å². The molecule has 17 heavy (non-hydrogen) atoms. The Morgan fingerprint density at radius 1 is 1.24 bits per heavy atom. The molecule has 4 nitrogen and oxygen atoms in total. The fourth-order valence-corrected chi connectivity index (χ4v) is 1.65. The Morgan fingerprint density at radius 2 is 1.88 bits per heavy atom. The van der Waals surface area contributed by atoms with E-state index in [1.807, 2.05) is 13.8 Å². The van der Waals surface area contributed by atoms with Gasteiger partial charge in [0.25, 0.3) is 0 Å². The molecule has 1 rings (SSSR count). The van der Waals surface area contributed by atoms with E-state index in [4.69, 9.17) is 14.6 Å². The van der Waals surface area contributed by atoms with Crippen molar-refractivity contribution < 1.29 is 19.4 Å². The lowest BCUT2D eigenvalue weighted by Crippen LogP contribution is -1.97. The monoisotopic (exact) mass is 236 g/mol. The second-order valence-corrected chi connectivity index (χ2v) is 3.62. The van der Waals surface area contributed by atoms with Crippen LogP contribution >= 0.6 is 0 Å². The van der Waals surface area contributed by atoms with Gasteiger partial charge in [-0.25, -0.2) is 4.79 Å². The Bertz CT molecular complexity index is 461. The van der Waals surface area contributed by atoms with Crippen molar-refractivity contribution in [3.63, 3.8) is 0 Å². The molecule has 0 aliphatic rings. The lowest BCUT2D eigenvalue weighted by molar-refractivity contribution is -0.131. The van der Waals surface area contributed by atoms with Gasteiger partial charge in [0.15, 0.2) is 0 Å². The highest BCUT2D eigenvalue weighted by Crippen LogP contribution is 2.33. The van der Waals surface area contributed by atoms with Gasteiger partial charge in [0.05, 0.1) is 14.2 Å². The molecule has 0 saturated heterocycles. The van der Waals surface area contributed by atoms with Gasteiger partial charge in [-0.3, -0.25) is 0 Å². The van der Waals surface area contributed by atoms with Gasteiger partial charge < -0.3 is 14.6 Å². The Hall–Kier alpha value is -1.97. The number of hydrogen-bond acceptors (Lipinski definition) is 3. The molecule has 0 amide bonds. The van der Waals surface area contributed by atoms with E-state index in [-0.39, 0.29) is 0 Å². The fourth-order valence-electron chi connectivity index (χ4n) is 1.65. The molecule has 1 aromatic rings. The number of benzene rings is 1. The Labute approximate surface area is 100 Å². The molecule has 0 saturated carbocycles. The van der Waals surface area contributed by atoms with Crippen LogP contribution in [0, 0.1) is 13.8 Å². The Morgan fingerprint density at radius 3 is 2.35 bits per heavy atom. The summed E-state index contributed by atoms with van der Waals surface area (Å²) in [6, 6.07) is 1.76. The number of aliphatic carboxylic acids is 1. The molecular formula is C13H16O4. The number of methoxy groups -OCH3 is 2. The molecular weight excluding hydrogens is 220 g/mol. The van der Waals surface area contributed by atoms with Crippen molar-refractivity contribution in [1.29, 1.82) is 0 Å². The summed E-state index contributed by atoms with van der Waals surface area (Å²) in [4.78, 5) is 10.5. The van der Waals surface area contributed by atoms with Gasteiger partial charge in [0.2, 0.25) is 0 Å². The summed E-state index contributed by atoms with van der Waals surface area (Å²) >= 11 is 0. The van der Waals surface area contributed by atoms with Gasteiger partial charge in [-0.15, -0.1) is 0 Å². The van der Waals surface area contributed by atoms with Crippen molar-refractivity contribution in [3.8, 4) is 11.5 Å². The Kier molecular flexibility index (Phi) is 4.15. The molecule has 1 aromatic carbocycles. The molecule has 0 aliphatic carbocycles. The van der Waals surface area contributed by atoms with Gasteiger partial charge >= 0.3 is 5.97 Å². The standard InChI is InChI=1S/C13H16O4/c1-8-9(2)13(17-4)10(5-6-12(14)15)7-11(8)16-3/h5-7H,1-4H3,(H,14,15)/b6-5+. The van der Waals surface area contributed by atoms with E-state index >= 15 is 0 Å². The van der Waals surface area contributed by atoms with Crippen LogP contribution in [-0.4, -0.2) is 25.3 Å². The zero-order chi connectivity index (χ0) is 13.0. The minimum absolute atomic E-state index is 0.667. The van der Waals surface area contributed by atoms with Crippen LogP contribution in [0.2, 0.25) is 0 Å². The summed E-state index contributed by atoms with van der Waals surface area (Å²) in [5.41, 5.74) is 2.61. The van der Waals surface area contributed by atoms with Crippen molar-refractivity contribution in [2.45, 2.75) is 13.8 Å². The highest BCUT2D eigenvalue weighted by Gasteiger charge is 2.12. The van der Waals surface area contributed by atoms with Gasteiger partial charge in [0, 0.05) is 11.6 Å². The minimum Gasteiger partial charge on any atom is -0.496 e. The average molecular weight is 236 g/mol. The first-order valence-electron chi connectivity index (χ1n) is 5.14. The largest absolute Gasteiger partial charge is 0.496 e. The van der Waals surface area contributed by atoms with Crippen molar-refractivity contribution in [1.82, 2.24) is 0 Å². The third kappa shape index (κ3) is 2.78. The number of rotatable bonds is 4. The number of ether oxygens (including phenoxy) is 2. The Balaban J connectivity index is 3.37. The lowest BCUT2D eigenvalue weighted by Gasteiger charge is -2.14. The molecule has 0 fully saturated rings. The second kappa shape index (κ2) is 5.39. The van der Waals surface area contributed by atoms with Crippen LogP contribution < -0.4 is 9.47 Å². The smallest absolute Gasteiger partial charge is 0.328 e. The summed E-state index contributed by atoms with van der Waals surface area (Å²) in [6.45, 7) is 3.84. The van der Waals surface area contributed by atoms with Gasteiger partial charge in [-0.2, -0.15) is 0 Å². The molecule has 0 atom stereocenters. The first-order chi connectivity index (χ1) is 8.01. The first kappa shape index (κ1) is 13.1.